The lowest BCUT2D eigenvalue weighted by atomic mass is 10.1. The van der Waals surface area contributed by atoms with Crippen LogP contribution in [0.25, 0.3) is 6.08 Å². The van der Waals surface area contributed by atoms with Crippen molar-refractivity contribution in [1.29, 1.82) is 0 Å². The van der Waals surface area contributed by atoms with Crippen molar-refractivity contribution in [2.45, 2.75) is 40.0 Å². The topological polar surface area (TPSA) is 63.2 Å². The zero-order valence-electron chi connectivity index (χ0n) is 20.3. The lowest BCUT2D eigenvalue weighted by molar-refractivity contribution is -0.139. The molecule has 0 fully saturated rings. The van der Waals surface area contributed by atoms with Crippen LogP contribution >= 0.6 is 0 Å². The average Bonchev–Trinajstić information content (AvgIpc) is 2.83. The van der Waals surface area contributed by atoms with E-state index in [9.17, 15) is 9.18 Å². The second-order valence-electron chi connectivity index (χ2n) is 7.40. The first-order chi connectivity index (χ1) is 16.6. The molecule has 2 rings (SSSR count). The van der Waals surface area contributed by atoms with Crippen molar-refractivity contribution in [2.24, 2.45) is 0 Å². The van der Waals surface area contributed by atoms with Crippen molar-refractivity contribution >= 4 is 12.0 Å². The quantitative estimate of drug-likeness (QED) is 0.179. The number of carbonyl (C=O) groups is 1. The highest BCUT2D eigenvalue weighted by atomic mass is 19.1. The second-order valence-corrected chi connectivity index (χ2v) is 7.40. The third-order valence-corrected chi connectivity index (χ3v) is 4.76. The lowest BCUT2D eigenvalue weighted by Gasteiger charge is -2.14. The summed E-state index contributed by atoms with van der Waals surface area (Å²) < 4.78 is 41.4. The Bertz CT molecular complexity index is 912. The number of ether oxygens (including phenoxy) is 5. The number of halogens is 1. The fraction of sp³-hybridized carbons (Fsp3) is 0.444. The molecule has 2 aromatic rings. The monoisotopic (exact) mass is 474 g/mol. The summed E-state index contributed by atoms with van der Waals surface area (Å²) in [6, 6.07) is 10.4. The summed E-state index contributed by atoms with van der Waals surface area (Å²) >= 11 is 0. The van der Waals surface area contributed by atoms with E-state index in [0.29, 0.717) is 51.0 Å². The van der Waals surface area contributed by atoms with Gasteiger partial charge in [0.05, 0.1) is 26.4 Å². The van der Waals surface area contributed by atoms with Crippen LogP contribution in [0.2, 0.25) is 0 Å². The third-order valence-electron chi connectivity index (χ3n) is 4.76. The van der Waals surface area contributed by atoms with E-state index in [4.69, 9.17) is 23.7 Å². The molecule has 7 heteroatoms. The van der Waals surface area contributed by atoms with Crippen LogP contribution in [0.15, 0.2) is 42.5 Å². The Morgan fingerprint density at radius 1 is 0.853 bits per heavy atom. The molecule has 0 atom stereocenters. The van der Waals surface area contributed by atoms with Gasteiger partial charge >= 0.3 is 5.97 Å². The highest BCUT2D eigenvalue weighted by molar-refractivity contribution is 5.87. The van der Waals surface area contributed by atoms with Crippen molar-refractivity contribution in [3.05, 3.63) is 59.4 Å². The predicted octanol–water partition coefficient (Wildman–Crippen LogP) is 5.62. The molecule has 2 aromatic carbocycles. The smallest absolute Gasteiger partial charge is 0.330 e. The Kier molecular flexibility index (Phi) is 12.6. The van der Waals surface area contributed by atoms with E-state index >= 15 is 0 Å². The Labute approximate surface area is 201 Å². The number of carbonyl (C=O) groups excluding carboxylic acids is 1. The van der Waals surface area contributed by atoms with Crippen LogP contribution in [0.4, 0.5) is 4.39 Å². The van der Waals surface area contributed by atoms with Gasteiger partial charge in [-0.3, -0.25) is 0 Å². The summed E-state index contributed by atoms with van der Waals surface area (Å²) in [5.41, 5.74) is 1.60. The molecule has 0 aliphatic heterocycles. The normalized spacial score (nSPS) is 10.9. The van der Waals surface area contributed by atoms with E-state index in [1.165, 1.54) is 12.1 Å². The second kappa shape index (κ2) is 15.7. The van der Waals surface area contributed by atoms with Gasteiger partial charge in [0.25, 0.3) is 0 Å². The fourth-order valence-corrected chi connectivity index (χ4v) is 3.00. The molecule has 0 radical (unpaired) electrons. The van der Waals surface area contributed by atoms with Crippen LogP contribution in [-0.2, 0) is 20.7 Å². The summed E-state index contributed by atoms with van der Waals surface area (Å²) in [5.74, 6) is 0.629. The highest BCUT2D eigenvalue weighted by Crippen LogP contribution is 2.29. The van der Waals surface area contributed by atoms with Crippen molar-refractivity contribution in [3.63, 3.8) is 0 Å². The van der Waals surface area contributed by atoms with Gasteiger partial charge in [-0.15, -0.1) is 0 Å². The highest BCUT2D eigenvalue weighted by Gasteiger charge is 2.09. The molecule has 0 aliphatic rings. The molecular formula is C27H35FO6. The number of esters is 1. The maximum absolute atomic E-state index is 14.1. The van der Waals surface area contributed by atoms with Crippen LogP contribution in [-0.4, -0.2) is 45.6 Å². The first kappa shape index (κ1) is 27.2. The average molecular weight is 475 g/mol. The molecule has 0 aromatic heterocycles. The summed E-state index contributed by atoms with van der Waals surface area (Å²) in [5, 5.41) is 0. The Balaban J connectivity index is 1.98. The molecular weight excluding hydrogens is 439 g/mol. The van der Waals surface area contributed by atoms with E-state index in [-0.39, 0.29) is 18.2 Å². The van der Waals surface area contributed by atoms with Crippen molar-refractivity contribution in [2.75, 3.05) is 39.6 Å². The van der Waals surface area contributed by atoms with Crippen molar-refractivity contribution in [3.8, 4) is 17.2 Å². The van der Waals surface area contributed by atoms with Crippen LogP contribution in [0.1, 0.15) is 44.7 Å². The number of unbranched alkanes of at least 4 members (excludes halogenated alkanes) is 1. The van der Waals surface area contributed by atoms with Crippen LogP contribution < -0.4 is 14.2 Å². The minimum atomic E-state index is -0.434. The van der Waals surface area contributed by atoms with Gasteiger partial charge in [0.2, 0.25) is 0 Å². The fourth-order valence-electron chi connectivity index (χ4n) is 3.00. The first-order valence-corrected chi connectivity index (χ1v) is 11.8. The maximum Gasteiger partial charge on any atom is 0.330 e. The Morgan fingerprint density at radius 3 is 2.38 bits per heavy atom. The SMILES string of the molecule is CCCCOc1cc(/C=C\C(=O)OCCOCC)ccc1OCCc1ccc(OCC)c(F)c1. The third kappa shape index (κ3) is 9.83. The summed E-state index contributed by atoms with van der Waals surface area (Å²) in [7, 11) is 0. The number of hydrogen-bond acceptors (Lipinski definition) is 6. The molecule has 34 heavy (non-hydrogen) atoms. The molecule has 0 N–H and O–H groups in total. The van der Waals surface area contributed by atoms with Gasteiger partial charge in [-0.2, -0.15) is 0 Å². The molecule has 0 bridgehead atoms. The molecule has 0 saturated carbocycles. The van der Waals surface area contributed by atoms with Gasteiger partial charge in [-0.1, -0.05) is 25.5 Å². The number of benzene rings is 2. The minimum Gasteiger partial charge on any atom is -0.491 e. The molecule has 0 spiro atoms. The van der Waals surface area contributed by atoms with E-state index in [0.717, 1.165) is 24.0 Å². The molecule has 0 saturated heterocycles. The Morgan fingerprint density at radius 2 is 1.65 bits per heavy atom. The lowest BCUT2D eigenvalue weighted by Crippen LogP contribution is -2.08. The first-order valence-electron chi connectivity index (χ1n) is 11.8. The van der Waals surface area contributed by atoms with Crippen molar-refractivity contribution in [1.82, 2.24) is 0 Å². The molecule has 0 heterocycles. The number of hydrogen-bond donors (Lipinski definition) is 0. The minimum absolute atomic E-state index is 0.216. The van der Waals surface area contributed by atoms with Gasteiger partial charge in [0, 0.05) is 19.1 Å². The standard InChI is InChI=1S/C27H35FO6/c1-4-7-15-32-26-20-21(10-13-27(29)34-18-17-30-5-2)9-12-25(26)33-16-14-22-8-11-24(31-6-3)23(28)19-22/h8-13,19-20H,4-7,14-18H2,1-3H3/b13-10-. The Hall–Kier alpha value is -3.06. The largest absolute Gasteiger partial charge is 0.491 e. The van der Waals surface area contributed by atoms with Crippen LogP contribution in [0.3, 0.4) is 0 Å². The van der Waals surface area contributed by atoms with Gasteiger partial charge in [0.1, 0.15) is 6.61 Å². The van der Waals surface area contributed by atoms with Crippen LogP contribution in [0, 0.1) is 5.82 Å². The van der Waals surface area contributed by atoms with E-state index in [1.807, 2.05) is 32.0 Å². The molecule has 6 nitrogen and oxygen atoms in total. The summed E-state index contributed by atoms with van der Waals surface area (Å²) in [6.07, 6.45) is 5.50. The molecule has 0 unspecified atom stereocenters. The molecule has 0 aliphatic carbocycles. The van der Waals surface area contributed by atoms with Gasteiger partial charge < -0.3 is 23.7 Å². The van der Waals surface area contributed by atoms with Gasteiger partial charge in [-0.05, 0) is 61.7 Å². The van der Waals surface area contributed by atoms with Crippen LogP contribution in [0.5, 0.6) is 17.2 Å². The zero-order chi connectivity index (χ0) is 24.6. The predicted molar refractivity (Wildman–Crippen MR) is 130 cm³/mol. The van der Waals surface area contributed by atoms with Crippen molar-refractivity contribution < 1.29 is 32.9 Å². The summed E-state index contributed by atoms with van der Waals surface area (Å²) in [4.78, 5) is 11.8. The maximum atomic E-state index is 14.1. The van der Waals surface area contributed by atoms with Gasteiger partial charge in [0.15, 0.2) is 23.1 Å². The van der Waals surface area contributed by atoms with E-state index in [2.05, 4.69) is 6.92 Å². The summed E-state index contributed by atoms with van der Waals surface area (Å²) in [6.45, 7) is 8.30. The zero-order valence-corrected chi connectivity index (χ0v) is 20.3. The number of rotatable bonds is 16. The van der Waals surface area contributed by atoms with E-state index in [1.54, 1.807) is 18.2 Å². The van der Waals surface area contributed by atoms with Gasteiger partial charge in [-0.25, -0.2) is 9.18 Å². The van der Waals surface area contributed by atoms with E-state index < -0.39 is 5.97 Å². The molecule has 0 amide bonds. The molecule has 186 valence electrons.